The van der Waals surface area contributed by atoms with Gasteiger partial charge >= 0.3 is 0 Å². The average Bonchev–Trinajstić information content (AvgIpc) is 3.41. The number of nitrogens with zero attached hydrogens (tertiary/aromatic N) is 3. The summed E-state index contributed by atoms with van der Waals surface area (Å²) in [5.41, 5.74) is 1.55. The van der Waals surface area contributed by atoms with E-state index in [0.717, 1.165) is 24.2 Å². The second kappa shape index (κ2) is 9.62. The maximum Gasteiger partial charge on any atom is 0.237 e. The molecule has 0 aliphatic carbocycles. The van der Waals surface area contributed by atoms with E-state index in [1.54, 1.807) is 24.4 Å². The maximum atomic E-state index is 13.9. The van der Waals surface area contributed by atoms with Crippen LogP contribution in [0, 0.1) is 5.82 Å². The SMILES string of the molecule is CN(CC(=O)N1CCC[C@@H]1c1ncc(Cc2ccccc2Cl)o1)Cc1ccccc1F. The van der Waals surface area contributed by atoms with Crippen LogP contribution in [0.4, 0.5) is 4.39 Å². The molecule has 0 N–H and O–H groups in total. The van der Waals surface area contributed by atoms with Crippen LogP contribution < -0.4 is 0 Å². The molecule has 0 saturated carbocycles. The molecule has 1 aliphatic heterocycles. The van der Waals surface area contributed by atoms with Crippen LogP contribution in [0.5, 0.6) is 0 Å². The fourth-order valence-electron chi connectivity index (χ4n) is 4.00. The second-order valence-electron chi connectivity index (χ2n) is 7.94. The largest absolute Gasteiger partial charge is 0.443 e. The summed E-state index contributed by atoms with van der Waals surface area (Å²) in [6, 6.07) is 14.1. The van der Waals surface area contributed by atoms with E-state index in [4.69, 9.17) is 16.0 Å². The second-order valence-corrected chi connectivity index (χ2v) is 8.35. The van der Waals surface area contributed by atoms with Crippen LogP contribution in [-0.4, -0.2) is 40.8 Å². The molecule has 1 amide bonds. The molecule has 2 aromatic carbocycles. The summed E-state index contributed by atoms with van der Waals surface area (Å²) >= 11 is 6.25. The van der Waals surface area contributed by atoms with Crippen molar-refractivity contribution in [2.75, 3.05) is 20.1 Å². The summed E-state index contributed by atoms with van der Waals surface area (Å²) in [6.45, 7) is 1.25. The van der Waals surface area contributed by atoms with Crippen LogP contribution in [0.1, 0.15) is 41.7 Å². The van der Waals surface area contributed by atoms with Crippen LogP contribution in [-0.2, 0) is 17.8 Å². The van der Waals surface area contributed by atoms with Crippen molar-refractivity contribution in [2.24, 2.45) is 0 Å². The van der Waals surface area contributed by atoms with Crippen molar-refractivity contribution in [1.29, 1.82) is 0 Å². The molecule has 0 unspecified atom stereocenters. The number of hydrogen-bond donors (Lipinski definition) is 0. The lowest BCUT2D eigenvalue weighted by Gasteiger charge is -2.25. The standard InChI is InChI=1S/C24H25ClFN3O2/c1-28(15-18-8-3-5-10-21(18)26)16-23(30)29-12-6-11-22(29)24-27-14-19(31-24)13-17-7-2-4-9-20(17)25/h2-5,7-10,14,22H,6,11-13,15-16H2,1H3/t22-/m1/s1. The topological polar surface area (TPSA) is 49.6 Å². The van der Waals surface area contributed by atoms with Crippen molar-refractivity contribution in [1.82, 2.24) is 14.8 Å². The summed E-state index contributed by atoms with van der Waals surface area (Å²) in [6.07, 6.45) is 3.98. The van der Waals surface area contributed by atoms with Crippen molar-refractivity contribution in [2.45, 2.75) is 31.8 Å². The summed E-state index contributed by atoms with van der Waals surface area (Å²) in [4.78, 5) is 21.1. The van der Waals surface area contributed by atoms with Gasteiger partial charge in [0.1, 0.15) is 17.6 Å². The van der Waals surface area contributed by atoms with Gasteiger partial charge < -0.3 is 9.32 Å². The summed E-state index contributed by atoms with van der Waals surface area (Å²) in [5.74, 6) is 1.02. The minimum Gasteiger partial charge on any atom is -0.443 e. The smallest absolute Gasteiger partial charge is 0.237 e. The first-order valence-corrected chi connectivity index (χ1v) is 10.8. The predicted molar refractivity (Wildman–Crippen MR) is 117 cm³/mol. The van der Waals surface area contributed by atoms with Gasteiger partial charge in [-0.3, -0.25) is 9.69 Å². The Balaban J connectivity index is 1.39. The highest BCUT2D eigenvalue weighted by molar-refractivity contribution is 6.31. The monoisotopic (exact) mass is 441 g/mol. The molecule has 3 aromatic rings. The van der Waals surface area contributed by atoms with E-state index in [0.29, 0.717) is 36.0 Å². The molecule has 31 heavy (non-hydrogen) atoms. The molecule has 2 heterocycles. The zero-order valence-electron chi connectivity index (χ0n) is 17.4. The Kier molecular flexibility index (Phi) is 6.68. The fraction of sp³-hybridized carbons (Fsp3) is 0.333. The highest BCUT2D eigenvalue weighted by Gasteiger charge is 2.33. The first-order chi connectivity index (χ1) is 15.0. The van der Waals surface area contributed by atoms with Gasteiger partial charge in [0.15, 0.2) is 0 Å². The number of carbonyl (C=O) groups excluding carboxylic acids is 1. The Hall–Kier alpha value is -2.70. The van der Waals surface area contributed by atoms with Gasteiger partial charge in [0.25, 0.3) is 0 Å². The van der Waals surface area contributed by atoms with Gasteiger partial charge in [-0.1, -0.05) is 48.0 Å². The van der Waals surface area contributed by atoms with Gasteiger partial charge in [-0.15, -0.1) is 0 Å². The van der Waals surface area contributed by atoms with Crippen molar-refractivity contribution in [3.8, 4) is 0 Å². The third-order valence-electron chi connectivity index (χ3n) is 5.56. The van der Waals surface area contributed by atoms with E-state index >= 15 is 0 Å². The van der Waals surface area contributed by atoms with Gasteiger partial charge in [0, 0.05) is 30.1 Å². The lowest BCUT2D eigenvalue weighted by molar-refractivity contribution is -0.133. The van der Waals surface area contributed by atoms with Crippen LogP contribution in [0.3, 0.4) is 0 Å². The number of hydrogen-bond acceptors (Lipinski definition) is 4. The Morgan fingerprint density at radius 3 is 2.74 bits per heavy atom. The van der Waals surface area contributed by atoms with Crippen molar-refractivity contribution in [3.05, 3.63) is 88.3 Å². The van der Waals surface area contributed by atoms with E-state index in [1.165, 1.54) is 6.07 Å². The third-order valence-corrected chi connectivity index (χ3v) is 5.92. The molecular formula is C24H25ClFN3O2. The summed E-state index contributed by atoms with van der Waals surface area (Å²) in [5, 5.41) is 0.691. The molecule has 1 fully saturated rings. The predicted octanol–water partition coefficient (Wildman–Crippen LogP) is 4.85. The molecule has 0 bridgehead atoms. The van der Waals surface area contributed by atoms with Gasteiger partial charge in [0.05, 0.1) is 12.7 Å². The van der Waals surface area contributed by atoms with E-state index < -0.39 is 0 Å². The van der Waals surface area contributed by atoms with Gasteiger partial charge in [0.2, 0.25) is 11.8 Å². The van der Waals surface area contributed by atoms with Crippen molar-refractivity contribution >= 4 is 17.5 Å². The highest BCUT2D eigenvalue weighted by atomic mass is 35.5. The maximum absolute atomic E-state index is 13.9. The van der Waals surface area contributed by atoms with Crippen LogP contribution >= 0.6 is 11.6 Å². The van der Waals surface area contributed by atoms with Crippen LogP contribution in [0.25, 0.3) is 0 Å². The molecule has 162 valence electrons. The summed E-state index contributed by atoms with van der Waals surface area (Å²) < 4.78 is 19.9. The molecule has 1 aromatic heterocycles. The van der Waals surface area contributed by atoms with Gasteiger partial charge in [-0.05, 0) is 37.6 Å². The van der Waals surface area contributed by atoms with E-state index in [-0.39, 0.29) is 24.3 Å². The molecule has 7 heteroatoms. The molecule has 1 atom stereocenters. The molecule has 1 saturated heterocycles. The number of aromatic nitrogens is 1. The number of benzene rings is 2. The lowest BCUT2D eigenvalue weighted by atomic mass is 10.1. The minimum atomic E-state index is -0.258. The number of likely N-dealkylation sites (tertiary alicyclic amines) is 1. The Bertz CT molecular complexity index is 1050. The molecule has 0 radical (unpaired) electrons. The van der Waals surface area contributed by atoms with E-state index in [1.807, 2.05) is 41.1 Å². The molecule has 4 rings (SSSR count). The molecular weight excluding hydrogens is 417 g/mol. The van der Waals surface area contributed by atoms with Gasteiger partial charge in [-0.25, -0.2) is 9.37 Å². The number of oxazole rings is 1. The Morgan fingerprint density at radius 1 is 1.23 bits per heavy atom. The Morgan fingerprint density at radius 2 is 1.97 bits per heavy atom. The number of carbonyl (C=O) groups is 1. The first kappa shape index (κ1) is 21.5. The highest BCUT2D eigenvalue weighted by Crippen LogP contribution is 2.32. The first-order valence-electron chi connectivity index (χ1n) is 10.4. The van der Waals surface area contributed by atoms with Gasteiger partial charge in [-0.2, -0.15) is 0 Å². The third kappa shape index (κ3) is 5.14. The molecule has 0 spiro atoms. The number of rotatable bonds is 7. The Labute approximate surface area is 186 Å². The summed E-state index contributed by atoms with van der Waals surface area (Å²) in [7, 11) is 1.82. The van der Waals surface area contributed by atoms with Crippen molar-refractivity contribution < 1.29 is 13.6 Å². The fourth-order valence-corrected chi connectivity index (χ4v) is 4.21. The molecule has 1 aliphatic rings. The van der Waals surface area contributed by atoms with Crippen LogP contribution in [0.15, 0.2) is 59.1 Å². The molecule has 5 nitrogen and oxygen atoms in total. The average molecular weight is 442 g/mol. The van der Waals surface area contributed by atoms with Crippen molar-refractivity contribution in [3.63, 3.8) is 0 Å². The normalized spacial score (nSPS) is 16.3. The lowest BCUT2D eigenvalue weighted by Crippen LogP contribution is -2.38. The zero-order chi connectivity index (χ0) is 21.8. The van der Waals surface area contributed by atoms with Crippen LogP contribution in [0.2, 0.25) is 5.02 Å². The zero-order valence-corrected chi connectivity index (χ0v) is 18.2. The quantitative estimate of drug-likeness (QED) is 0.525. The number of likely N-dealkylation sites (N-methyl/N-ethyl adjacent to an activating group) is 1. The number of amides is 1. The van der Waals surface area contributed by atoms with E-state index in [9.17, 15) is 9.18 Å². The number of halogens is 2. The van der Waals surface area contributed by atoms with E-state index in [2.05, 4.69) is 4.98 Å². The minimum absolute atomic E-state index is 0.00723.